The highest BCUT2D eigenvalue weighted by Gasteiger charge is 2.16. The van der Waals surface area contributed by atoms with E-state index in [9.17, 15) is 9.59 Å². The van der Waals surface area contributed by atoms with Gasteiger partial charge >= 0.3 is 5.97 Å². The smallest absolute Gasteiger partial charge is 0.303 e. The van der Waals surface area contributed by atoms with Gasteiger partial charge in [-0.1, -0.05) is 0 Å². The van der Waals surface area contributed by atoms with Crippen molar-refractivity contribution >= 4 is 17.6 Å². The van der Waals surface area contributed by atoms with Crippen LogP contribution in [0.2, 0.25) is 0 Å². The summed E-state index contributed by atoms with van der Waals surface area (Å²) in [6.45, 7) is 0. The maximum absolute atomic E-state index is 11.6. The SMILES string of the molecule is O=C(O)CCCC(=O)Nc1ccc(OC2CCCC2)cc1. The van der Waals surface area contributed by atoms with Gasteiger partial charge in [0.25, 0.3) is 0 Å². The Morgan fingerprint density at radius 2 is 1.81 bits per heavy atom. The number of carboxylic acids is 1. The van der Waals surface area contributed by atoms with E-state index in [0.29, 0.717) is 18.2 Å². The molecule has 1 aromatic carbocycles. The van der Waals surface area contributed by atoms with Crippen molar-refractivity contribution in [3.63, 3.8) is 0 Å². The third-order valence-corrected chi connectivity index (χ3v) is 3.54. The molecular weight excluding hydrogens is 270 g/mol. The molecule has 1 aromatic rings. The summed E-state index contributed by atoms with van der Waals surface area (Å²) in [4.78, 5) is 22.0. The molecule has 2 rings (SSSR count). The molecule has 5 heteroatoms. The van der Waals surface area contributed by atoms with Crippen LogP contribution in [0, 0.1) is 0 Å². The summed E-state index contributed by atoms with van der Waals surface area (Å²) in [5, 5.41) is 11.3. The van der Waals surface area contributed by atoms with Crippen molar-refractivity contribution in [2.45, 2.75) is 51.0 Å². The van der Waals surface area contributed by atoms with Crippen LogP contribution in [0.1, 0.15) is 44.9 Å². The number of amides is 1. The monoisotopic (exact) mass is 291 g/mol. The lowest BCUT2D eigenvalue weighted by Crippen LogP contribution is -2.12. The Bertz CT molecular complexity index is 478. The van der Waals surface area contributed by atoms with Crippen molar-refractivity contribution in [3.8, 4) is 5.75 Å². The molecule has 0 bridgehead atoms. The Hall–Kier alpha value is -2.04. The van der Waals surface area contributed by atoms with Crippen LogP contribution in [-0.2, 0) is 9.59 Å². The quantitative estimate of drug-likeness (QED) is 0.809. The van der Waals surface area contributed by atoms with E-state index >= 15 is 0 Å². The molecule has 0 unspecified atom stereocenters. The number of benzene rings is 1. The van der Waals surface area contributed by atoms with Gasteiger partial charge in [0.2, 0.25) is 5.91 Å². The Labute approximate surface area is 124 Å². The first-order valence-corrected chi connectivity index (χ1v) is 7.42. The lowest BCUT2D eigenvalue weighted by Gasteiger charge is -2.13. The fraction of sp³-hybridized carbons (Fsp3) is 0.500. The Balaban J connectivity index is 1.76. The average molecular weight is 291 g/mol. The summed E-state index contributed by atoms with van der Waals surface area (Å²) in [6, 6.07) is 7.31. The average Bonchev–Trinajstić information content (AvgIpc) is 2.93. The van der Waals surface area contributed by atoms with Crippen LogP contribution in [0.25, 0.3) is 0 Å². The summed E-state index contributed by atoms with van der Waals surface area (Å²) in [6.07, 6.45) is 5.59. The minimum atomic E-state index is -0.879. The van der Waals surface area contributed by atoms with Crippen molar-refractivity contribution in [3.05, 3.63) is 24.3 Å². The summed E-state index contributed by atoms with van der Waals surface area (Å²) >= 11 is 0. The van der Waals surface area contributed by atoms with Gasteiger partial charge in [-0.25, -0.2) is 0 Å². The zero-order valence-corrected chi connectivity index (χ0v) is 12.0. The topological polar surface area (TPSA) is 75.6 Å². The third-order valence-electron chi connectivity index (χ3n) is 3.54. The summed E-state index contributed by atoms with van der Waals surface area (Å²) < 4.78 is 5.85. The molecule has 1 saturated carbocycles. The molecule has 1 amide bonds. The first-order chi connectivity index (χ1) is 10.1. The standard InChI is InChI=1S/C16H21NO4/c18-15(6-3-7-16(19)20)17-12-8-10-14(11-9-12)21-13-4-1-2-5-13/h8-11,13H,1-7H2,(H,17,18)(H,19,20). The van der Waals surface area contributed by atoms with Crippen LogP contribution in [0.15, 0.2) is 24.3 Å². The van der Waals surface area contributed by atoms with E-state index in [4.69, 9.17) is 9.84 Å². The van der Waals surface area contributed by atoms with E-state index in [2.05, 4.69) is 5.32 Å². The highest BCUT2D eigenvalue weighted by Crippen LogP contribution is 2.25. The van der Waals surface area contributed by atoms with Gasteiger partial charge < -0.3 is 15.2 Å². The first kappa shape index (κ1) is 15.4. The predicted octanol–water partition coefficient (Wildman–Crippen LogP) is 3.20. The lowest BCUT2D eigenvalue weighted by molar-refractivity contribution is -0.137. The van der Waals surface area contributed by atoms with Crippen LogP contribution < -0.4 is 10.1 Å². The van der Waals surface area contributed by atoms with E-state index in [1.807, 2.05) is 12.1 Å². The zero-order valence-electron chi connectivity index (χ0n) is 12.0. The van der Waals surface area contributed by atoms with Crippen LogP contribution >= 0.6 is 0 Å². The number of carbonyl (C=O) groups excluding carboxylic acids is 1. The number of aliphatic carboxylic acids is 1. The number of carboxylic acid groups (broad SMARTS) is 1. The molecule has 0 spiro atoms. The summed E-state index contributed by atoms with van der Waals surface area (Å²) in [5.41, 5.74) is 0.703. The van der Waals surface area contributed by atoms with Gasteiger partial charge in [0.15, 0.2) is 0 Å². The van der Waals surface area contributed by atoms with E-state index in [1.54, 1.807) is 12.1 Å². The molecular formula is C16H21NO4. The fourth-order valence-electron chi connectivity index (χ4n) is 2.44. The van der Waals surface area contributed by atoms with E-state index in [1.165, 1.54) is 12.8 Å². The molecule has 0 heterocycles. The number of hydrogen-bond donors (Lipinski definition) is 2. The normalized spacial score (nSPS) is 14.9. The van der Waals surface area contributed by atoms with Crippen molar-refractivity contribution in [1.82, 2.24) is 0 Å². The van der Waals surface area contributed by atoms with Crippen LogP contribution in [-0.4, -0.2) is 23.1 Å². The minimum absolute atomic E-state index is 0.0155. The largest absolute Gasteiger partial charge is 0.490 e. The third kappa shape index (κ3) is 5.45. The van der Waals surface area contributed by atoms with Crippen molar-refractivity contribution in [2.24, 2.45) is 0 Å². The zero-order chi connectivity index (χ0) is 15.1. The molecule has 0 aliphatic heterocycles. The lowest BCUT2D eigenvalue weighted by atomic mass is 10.2. The Morgan fingerprint density at radius 1 is 1.14 bits per heavy atom. The molecule has 1 aliphatic carbocycles. The minimum Gasteiger partial charge on any atom is -0.490 e. The number of anilines is 1. The maximum Gasteiger partial charge on any atom is 0.303 e. The number of hydrogen-bond acceptors (Lipinski definition) is 3. The van der Waals surface area contributed by atoms with Gasteiger partial charge in [0.05, 0.1) is 6.10 Å². The molecule has 5 nitrogen and oxygen atoms in total. The molecule has 114 valence electrons. The van der Waals surface area contributed by atoms with E-state index in [0.717, 1.165) is 18.6 Å². The van der Waals surface area contributed by atoms with Gasteiger partial charge in [0.1, 0.15) is 5.75 Å². The van der Waals surface area contributed by atoms with Gasteiger partial charge in [0, 0.05) is 18.5 Å². The first-order valence-electron chi connectivity index (χ1n) is 7.42. The van der Waals surface area contributed by atoms with Crippen LogP contribution in [0.3, 0.4) is 0 Å². The van der Waals surface area contributed by atoms with Crippen molar-refractivity contribution in [2.75, 3.05) is 5.32 Å². The molecule has 2 N–H and O–H groups in total. The Kier molecular flexibility index (Phi) is 5.60. The van der Waals surface area contributed by atoms with E-state index < -0.39 is 5.97 Å². The molecule has 0 radical (unpaired) electrons. The van der Waals surface area contributed by atoms with Gasteiger partial charge in [-0.3, -0.25) is 9.59 Å². The number of rotatable bonds is 7. The Morgan fingerprint density at radius 3 is 2.43 bits per heavy atom. The number of nitrogens with one attached hydrogen (secondary N) is 1. The van der Waals surface area contributed by atoms with Gasteiger partial charge in [-0.15, -0.1) is 0 Å². The predicted molar refractivity (Wildman–Crippen MR) is 79.4 cm³/mol. The van der Waals surface area contributed by atoms with Crippen LogP contribution in [0.5, 0.6) is 5.75 Å². The van der Waals surface area contributed by atoms with Crippen LogP contribution in [0.4, 0.5) is 5.69 Å². The summed E-state index contributed by atoms with van der Waals surface area (Å²) in [5.74, 6) is -0.220. The molecule has 0 aromatic heterocycles. The fourth-order valence-corrected chi connectivity index (χ4v) is 2.44. The second-order valence-corrected chi connectivity index (χ2v) is 5.34. The molecule has 1 aliphatic rings. The number of ether oxygens (including phenoxy) is 1. The van der Waals surface area contributed by atoms with Crippen molar-refractivity contribution < 1.29 is 19.4 Å². The molecule has 0 saturated heterocycles. The van der Waals surface area contributed by atoms with Gasteiger partial charge in [-0.05, 0) is 56.4 Å². The van der Waals surface area contributed by atoms with Gasteiger partial charge in [-0.2, -0.15) is 0 Å². The molecule has 0 atom stereocenters. The highest BCUT2D eigenvalue weighted by molar-refractivity contribution is 5.90. The molecule has 21 heavy (non-hydrogen) atoms. The second-order valence-electron chi connectivity index (χ2n) is 5.34. The highest BCUT2D eigenvalue weighted by atomic mass is 16.5. The van der Waals surface area contributed by atoms with E-state index in [-0.39, 0.29) is 18.7 Å². The summed E-state index contributed by atoms with van der Waals surface area (Å²) in [7, 11) is 0. The maximum atomic E-state index is 11.6. The number of carbonyl (C=O) groups is 2. The van der Waals surface area contributed by atoms with Crippen molar-refractivity contribution in [1.29, 1.82) is 0 Å². The molecule has 1 fully saturated rings. The second kappa shape index (κ2) is 7.67.